The molecule has 6 heteroatoms. The van der Waals surface area contributed by atoms with Gasteiger partial charge in [0.25, 0.3) is 5.91 Å². The van der Waals surface area contributed by atoms with E-state index in [1.54, 1.807) is 13.0 Å². The highest BCUT2D eigenvalue weighted by atomic mass is 19.1. The third-order valence-corrected chi connectivity index (χ3v) is 2.40. The van der Waals surface area contributed by atoms with E-state index in [9.17, 15) is 9.18 Å². The summed E-state index contributed by atoms with van der Waals surface area (Å²) in [7, 11) is 0. The zero-order valence-electron chi connectivity index (χ0n) is 10.6. The third-order valence-electron chi connectivity index (χ3n) is 2.40. The lowest BCUT2D eigenvalue weighted by Gasteiger charge is -2.10. The van der Waals surface area contributed by atoms with Crippen molar-refractivity contribution >= 4 is 5.91 Å². The summed E-state index contributed by atoms with van der Waals surface area (Å²) < 4.78 is 18.7. The van der Waals surface area contributed by atoms with Crippen LogP contribution in [0, 0.1) is 17.1 Å². The van der Waals surface area contributed by atoms with Crippen molar-refractivity contribution in [2.45, 2.75) is 19.4 Å². The number of amides is 1. The first-order valence-corrected chi connectivity index (χ1v) is 5.86. The molecule has 0 spiro atoms. The van der Waals surface area contributed by atoms with Crippen LogP contribution in [0.5, 0.6) is 5.75 Å². The molecule has 1 aromatic rings. The Bertz CT molecular complexity index is 483. The van der Waals surface area contributed by atoms with Crippen LogP contribution in [0.4, 0.5) is 4.39 Å². The monoisotopic (exact) mass is 265 g/mol. The number of hydrogen-bond donors (Lipinski definition) is 2. The van der Waals surface area contributed by atoms with Crippen LogP contribution in [0.1, 0.15) is 24.9 Å². The van der Waals surface area contributed by atoms with Gasteiger partial charge in [0.1, 0.15) is 0 Å². The van der Waals surface area contributed by atoms with Crippen LogP contribution in [0.3, 0.4) is 0 Å². The fourth-order valence-electron chi connectivity index (χ4n) is 1.37. The van der Waals surface area contributed by atoms with Gasteiger partial charge in [-0.3, -0.25) is 4.79 Å². The highest BCUT2D eigenvalue weighted by Gasteiger charge is 2.09. The van der Waals surface area contributed by atoms with Crippen LogP contribution in [-0.2, 0) is 4.79 Å². The predicted molar refractivity (Wildman–Crippen MR) is 67.7 cm³/mol. The molecule has 0 radical (unpaired) electrons. The van der Waals surface area contributed by atoms with E-state index >= 15 is 0 Å². The first-order chi connectivity index (χ1) is 9.04. The smallest absolute Gasteiger partial charge is 0.257 e. The van der Waals surface area contributed by atoms with Gasteiger partial charge in [-0.05, 0) is 24.6 Å². The minimum Gasteiger partial charge on any atom is -0.481 e. The van der Waals surface area contributed by atoms with Crippen molar-refractivity contribution in [1.29, 1.82) is 5.26 Å². The summed E-state index contributed by atoms with van der Waals surface area (Å²) in [6, 6.07) is 6.01. The first kappa shape index (κ1) is 14.9. The van der Waals surface area contributed by atoms with Gasteiger partial charge in [0.2, 0.25) is 0 Å². The normalized spacial score (nSPS) is 11.5. The van der Waals surface area contributed by atoms with E-state index < -0.39 is 11.7 Å². The summed E-state index contributed by atoms with van der Waals surface area (Å²) in [5.41, 5.74) is 6.28. The second-order valence-corrected chi connectivity index (χ2v) is 4.03. The van der Waals surface area contributed by atoms with E-state index in [0.29, 0.717) is 5.56 Å². The maximum Gasteiger partial charge on any atom is 0.257 e. The van der Waals surface area contributed by atoms with Crippen LogP contribution < -0.4 is 15.8 Å². The molecule has 0 heterocycles. The molecule has 1 aromatic carbocycles. The van der Waals surface area contributed by atoms with E-state index in [1.165, 1.54) is 12.1 Å². The molecule has 1 amide bonds. The summed E-state index contributed by atoms with van der Waals surface area (Å²) in [4.78, 5) is 11.3. The minimum atomic E-state index is -0.556. The number of nitrogens with two attached hydrogens (primary N) is 1. The van der Waals surface area contributed by atoms with Crippen LogP contribution in [0.2, 0.25) is 0 Å². The molecular weight excluding hydrogens is 249 g/mol. The Labute approximate surface area is 111 Å². The maximum atomic E-state index is 13.6. The Morgan fingerprint density at radius 1 is 1.63 bits per heavy atom. The molecule has 0 aliphatic carbocycles. The third kappa shape index (κ3) is 4.94. The lowest BCUT2D eigenvalue weighted by molar-refractivity contribution is -0.123. The molecule has 19 heavy (non-hydrogen) atoms. The summed E-state index contributed by atoms with van der Waals surface area (Å²) in [5, 5.41) is 10.8. The number of halogens is 1. The highest BCUT2D eigenvalue weighted by molar-refractivity contribution is 5.77. The Kier molecular flexibility index (Phi) is 5.76. The highest BCUT2D eigenvalue weighted by Crippen LogP contribution is 2.20. The zero-order chi connectivity index (χ0) is 14.3. The molecule has 1 atom stereocenters. The topological polar surface area (TPSA) is 88.1 Å². The number of carbonyl (C=O) groups is 1. The van der Waals surface area contributed by atoms with Gasteiger partial charge in [-0.1, -0.05) is 6.07 Å². The van der Waals surface area contributed by atoms with Gasteiger partial charge in [0.05, 0.1) is 12.5 Å². The van der Waals surface area contributed by atoms with Gasteiger partial charge in [0, 0.05) is 12.6 Å². The van der Waals surface area contributed by atoms with Crippen molar-refractivity contribution in [2.75, 3.05) is 13.2 Å². The van der Waals surface area contributed by atoms with E-state index in [-0.39, 0.29) is 31.4 Å². The summed E-state index contributed by atoms with van der Waals surface area (Å²) in [6.07, 6.45) is 0.225. The Morgan fingerprint density at radius 3 is 2.95 bits per heavy atom. The molecule has 0 saturated heterocycles. The number of nitrogens with one attached hydrogen (secondary N) is 1. The molecule has 5 nitrogen and oxygen atoms in total. The molecule has 0 aliphatic rings. The second-order valence-electron chi connectivity index (χ2n) is 4.03. The number of hydrogen-bond acceptors (Lipinski definition) is 4. The zero-order valence-corrected chi connectivity index (χ0v) is 10.6. The first-order valence-electron chi connectivity index (χ1n) is 5.86. The fraction of sp³-hybridized carbons (Fsp3) is 0.385. The number of ether oxygens (including phenoxy) is 1. The van der Waals surface area contributed by atoms with Gasteiger partial charge >= 0.3 is 0 Å². The molecule has 0 fully saturated rings. The van der Waals surface area contributed by atoms with Crippen molar-refractivity contribution in [2.24, 2.45) is 5.73 Å². The van der Waals surface area contributed by atoms with E-state index in [4.69, 9.17) is 15.7 Å². The largest absolute Gasteiger partial charge is 0.481 e. The summed E-state index contributed by atoms with van der Waals surface area (Å²) >= 11 is 0. The van der Waals surface area contributed by atoms with Crippen LogP contribution in [0.25, 0.3) is 0 Å². The van der Waals surface area contributed by atoms with Crippen molar-refractivity contribution < 1.29 is 13.9 Å². The summed E-state index contributed by atoms with van der Waals surface area (Å²) in [6.45, 7) is 1.71. The van der Waals surface area contributed by atoms with E-state index in [1.807, 2.05) is 6.07 Å². The number of benzene rings is 1. The van der Waals surface area contributed by atoms with Gasteiger partial charge < -0.3 is 15.8 Å². The Hall–Kier alpha value is -2.13. The average molecular weight is 265 g/mol. The molecule has 3 N–H and O–H groups in total. The Balaban J connectivity index is 2.50. The molecule has 0 aliphatic heterocycles. The molecule has 0 aromatic heterocycles. The summed E-state index contributed by atoms with van der Waals surface area (Å²) in [5.74, 6) is -0.953. The van der Waals surface area contributed by atoms with E-state index in [0.717, 1.165) is 0 Å². The maximum absolute atomic E-state index is 13.6. The molecule has 1 rings (SSSR count). The van der Waals surface area contributed by atoms with Crippen molar-refractivity contribution in [3.63, 3.8) is 0 Å². The van der Waals surface area contributed by atoms with Crippen LogP contribution >= 0.6 is 0 Å². The van der Waals surface area contributed by atoms with E-state index in [2.05, 4.69) is 5.32 Å². The SMILES string of the molecule is C[C@@H](N)c1ccc(OCC(=O)NCCC#N)c(F)c1. The average Bonchev–Trinajstić information content (AvgIpc) is 2.37. The van der Waals surface area contributed by atoms with Crippen LogP contribution in [-0.4, -0.2) is 19.1 Å². The standard InChI is InChI=1S/C13H16FN3O2/c1-9(16)10-3-4-12(11(14)7-10)19-8-13(18)17-6-2-5-15/h3-4,7,9H,2,6,8,16H2,1H3,(H,17,18)/t9-/m1/s1. The van der Waals surface area contributed by atoms with Crippen molar-refractivity contribution in [1.82, 2.24) is 5.32 Å². The minimum absolute atomic E-state index is 0.000154. The molecule has 0 saturated carbocycles. The number of nitriles is 1. The van der Waals surface area contributed by atoms with Gasteiger partial charge in [-0.15, -0.1) is 0 Å². The van der Waals surface area contributed by atoms with Crippen LogP contribution in [0.15, 0.2) is 18.2 Å². The quantitative estimate of drug-likeness (QED) is 0.758. The lowest BCUT2D eigenvalue weighted by atomic mass is 10.1. The lowest BCUT2D eigenvalue weighted by Crippen LogP contribution is -2.29. The number of rotatable bonds is 6. The van der Waals surface area contributed by atoms with Crippen molar-refractivity contribution in [3.05, 3.63) is 29.6 Å². The van der Waals surface area contributed by atoms with Gasteiger partial charge in [-0.25, -0.2) is 4.39 Å². The molecular formula is C13H16FN3O2. The predicted octanol–water partition coefficient (Wildman–Crippen LogP) is 1.25. The second kappa shape index (κ2) is 7.34. The Morgan fingerprint density at radius 2 is 2.37 bits per heavy atom. The van der Waals surface area contributed by atoms with Gasteiger partial charge in [-0.2, -0.15) is 5.26 Å². The fourth-order valence-corrected chi connectivity index (χ4v) is 1.37. The number of nitrogens with zero attached hydrogens (tertiary/aromatic N) is 1. The molecule has 0 bridgehead atoms. The molecule has 0 unspecified atom stereocenters. The van der Waals surface area contributed by atoms with Crippen molar-refractivity contribution in [3.8, 4) is 11.8 Å². The number of carbonyl (C=O) groups excluding carboxylic acids is 1. The van der Waals surface area contributed by atoms with Gasteiger partial charge in [0.15, 0.2) is 18.2 Å². The molecule has 102 valence electrons.